The van der Waals surface area contributed by atoms with E-state index in [2.05, 4.69) is 0 Å². The van der Waals surface area contributed by atoms with Gasteiger partial charge in [-0.25, -0.2) is 0 Å². The summed E-state index contributed by atoms with van der Waals surface area (Å²) >= 11 is 0. The van der Waals surface area contributed by atoms with Gasteiger partial charge in [-0.05, 0) is 0 Å². The van der Waals surface area contributed by atoms with E-state index in [0.717, 1.165) is 0 Å². The first kappa shape index (κ1) is 14.8. The molecule has 0 rings (SSSR count). The van der Waals surface area contributed by atoms with Crippen molar-refractivity contribution in [1.82, 2.24) is 4.67 Å². The predicted molar refractivity (Wildman–Crippen MR) is 62.8 cm³/mol. The molecule has 0 aliphatic heterocycles. The van der Waals surface area contributed by atoms with Gasteiger partial charge in [0.05, 0.1) is 0 Å². The van der Waals surface area contributed by atoms with Crippen LogP contribution in [-0.2, 0) is 0 Å². The zero-order valence-corrected chi connectivity index (χ0v) is 10.8. The monoisotopic (exact) mass is 235 g/mol. The van der Waals surface area contributed by atoms with E-state index in [9.17, 15) is 9.79 Å². The summed E-state index contributed by atoms with van der Waals surface area (Å²) in [5.41, 5.74) is 5.71. The fourth-order valence-electron chi connectivity index (χ4n) is 1.98. The van der Waals surface area contributed by atoms with Gasteiger partial charge >= 0.3 is 91.0 Å². The van der Waals surface area contributed by atoms with Crippen LogP contribution in [0.5, 0.6) is 0 Å². The zero-order chi connectivity index (χ0) is 12.3. The SMILES string of the molecule is CC(C)N(C(C)C)P(N)(O)(O)CCC#N. The molecule has 0 aromatic rings. The Hall–Kier alpha value is -0.240. The second-order valence-corrected chi connectivity index (χ2v) is 7.77. The second kappa shape index (κ2) is 4.73. The molecule has 0 heterocycles. The molecule has 0 amide bonds. The van der Waals surface area contributed by atoms with Gasteiger partial charge in [0.2, 0.25) is 0 Å². The van der Waals surface area contributed by atoms with Crippen LogP contribution >= 0.6 is 7.36 Å². The third kappa shape index (κ3) is 4.02. The molecule has 15 heavy (non-hydrogen) atoms. The Morgan fingerprint density at radius 1 is 1.27 bits per heavy atom. The van der Waals surface area contributed by atoms with Crippen LogP contribution in [0.4, 0.5) is 0 Å². The first-order valence-corrected chi connectivity index (χ1v) is 7.43. The molecular weight excluding hydrogens is 213 g/mol. The maximum absolute atomic E-state index is 10.2. The Morgan fingerprint density at radius 2 is 1.67 bits per heavy atom. The molecular formula is C9H22N3O2P. The average Bonchev–Trinajstić information content (AvgIpc) is 1.97. The topological polar surface area (TPSA) is 93.5 Å². The van der Waals surface area contributed by atoms with Crippen LogP contribution < -0.4 is 5.50 Å². The van der Waals surface area contributed by atoms with Crippen molar-refractivity contribution in [2.24, 2.45) is 5.50 Å². The van der Waals surface area contributed by atoms with E-state index in [4.69, 9.17) is 10.8 Å². The van der Waals surface area contributed by atoms with Gasteiger partial charge in [-0.1, -0.05) is 0 Å². The standard InChI is InChI=1S/C9H22N3O2P/c1-8(2)12(9(3)4)15(11,13,14)7-5-6-10/h8-9,13-14H,5,7,11H2,1-4H3. The van der Waals surface area contributed by atoms with Crippen LogP contribution in [0.15, 0.2) is 0 Å². The molecule has 0 unspecified atom stereocenters. The molecule has 0 aliphatic carbocycles. The van der Waals surface area contributed by atoms with Crippen LogP contribution in [0.1, 0.15) is 34.1 Å². The van der Waals surface area contributed by atoms with E-state index in [0.29, 0.717) is 0 Å². The summed E-state index contributed by atoms with van der Waals surface area (Å²) in [5.74, 6) is 0. The van der Waals surface area contributed by atoms with Gasteiger partial charge < -0.3 is 0 Å². The average molecular weight is 235 g/mol. The second-order valence-electron chi connectivity index (χ2n) is 4.42. The molecule has 0 saturated carbocycles. The summed E-state index contributed by atoms with van der Waals surface area (Å²) in [6, 6.07) is 1.75. The fraction of sp³-hybridized carbons (Fsp3) is 0.889. The molecule has 0 bridgehead atoms. The zero-order valence-electron chi connectivity index (χ0n) is 9.88. The minimum absolute atomic E-state index is 0.0528. The van der Waals surface area contributed by atoms with Gasteiger partial charge in [0.25, 0.3) is 0 Å². The van der Waals surface area contributed by atoms with Crippen molar-refractivity contribution in [3.63, 3.8) is 0 Å². The van der Waals surface area contributed by atoms with Crippen molar-refractivity contribution in [3.8, 4) is 6.07 Å². The summed E-state index contributed by atoms with van der Waals surface area (Å²) in [5, 5.41) is 8.48. The van der Waals surface area contributed by atoms with Gasteiger partial charge in [0.1, 0.15) is 0 Å². The quantitative estimate of drug-likeness (QED) is 0.622. The summed E-state index contributed by atoms with van der Waals surface area (Å²) in [6.45, 7) is 7.42. The third-order valence-corrected chi connectivity index (χ3v) is 5.23. The van der Waals surface area contributed by atoms with Crippen molar-refractivity contribution in [2.45, 2.75) is 46.2 Å². The number of rotatable bonds is 5. The summed E-state index contributed by atoms with van der Waals surface area (Å²) in [7, 11) is -4.34. The number of nitriles is 1. The molecule has 4 N–H and O–H groups in total. The van der Waals surface area contributed by atoms with Crippen molar-refractivity contribution in [2.75, 3.05) is 6.16 Å². The Morgan fingerprint density at radius 3 is 1.93 bits per heavy atom. The van der Waals surface area contributed by atoms with Crippen LogP contribution in [0.3, 0.4) is 0 Å². The van der Waals surface area contributed by atoms with Crippen molar-refractivity contribution in [1.29, 1.82) is 5.26 Å². The molecule has 0 spiro atoms. The Labute approximate surface area is 91.7 Å². The molecule has 6 heteroatoms. The minimum atomic E-state index is -4.34. The normalized spacial score (nSPS) is 15.4. The van der Waals surface area contributed by atoms with Crippen LogP contribution in [-0.4, -0.2) is 32.7 Å². The van der Waals surface area contributed by atoms with Crippen LogP contribution in [0, 0.1) is 11.3 Å². The first-order chi connectivity index (χ1) is 6.60. The molecule has 5 nitrogen and oxygen atoms in total. The molecule has 90 valence electrons. The summed E-state index contributed by atoms with van der Waals surface area (Å²) in [4.78, 5) is 20.3. The van der Waals surface area contributed by atoms with Crippen LogP contribution in [0.2, 0.25) is 0 Å². The predicted octanol–water partition coefficient (Wildman–Crippen LogP) is 1.18. The Balaban J connectivity index is 5.00. The molecule has 0 aromatic carbocycles. The maximum atomic E-state index is 10.2. The molecule has 0 atom stereocenters. The van der Waals surface area contributed by atoms with E-state index in [-0.39, 0.29) is 24.7 Å². The van der Waals surface area contributed by atoms with Gasteiger partial charge in [-0.15, -0.1) is 0 Å². The van der Waals surface area contributed by atoms with Crippen LogP contribution in [0.25, 0.3) is 0 Å². The molecule has 0 fully saturated rings. The number of nitrogens with two attached hydrogens (primary N) is 1. The van der Waals surface area contributed by atoms with E-state index < -0.39 is 7.36 Å². The molecule has 0 aliphatic rings. The first-order valence-electron chi connectivity index (χ1n) is 5.08. The third-order valence-electron chi connectivity index (χ3n) is 2.21. The van der Waals surface area contributed by atoms with Crippen molar-refractivity contribution in [3.05, 3.63) is 0 Å². The van der Waals surface area contributed by atoms with Crippen molar-refractivity contribution >= 4 is 7.36 Å². The summed E-state index contributed by atoms with van der Waals surface area (Å²) < 4.78 is 1.52. The van der Waals surface area contributed by atoms with Gasteiger partial charge in [0.15, 0.2) is 0 Å². The Kier molecular flexibility index (Phi) is 4.66. The Bertz CT molecular complexity index is 244. The molecule has 0 radical (unpaired) electrons. The fourth-order valence-corrected chi connectivity index (χ4v) is 4.76. The molecule has 0 saturated heterocycles. The van der Waals surface area contributed by atoms with E-state index >= 15 is 0 Å². The van der Waals surface area contributed by atoms with Gasteiger partial charge in [-0.2, -0.15) is 0 Å². The number of hydrogen-bond acceptors (Lipinski definition) is 5. The summed E-state index contributed by atoms with van der Waals surface area (Å²) in [6.07, 6.45) is -0.0181. The van der Waals surface area contributed by atoms with Crippen molar-refractivity contribution < 1.29 is 9.79 Å². The molecule has 0 aromatic heterocycles. The van der Waals surface area contributed by atoms with E-state index in [1.165, 1.54) is 4.67 Å². The van der Waals surface area contributed by atoms with Gasteiger partial charge in [0, 0.05) is 0 Å². The van der Waals surface area contributed by atoms with Gasteiger partial charge in [-0.3, -0.25) is 0 Å². The number of hydrogen-bond donors (Lipinski definition) is 3. The van der Waals surface area contributed by atoms with E-state index in [1.807, 2.05) is 33.8 Å². The number of nitrogens with zero attached hydrogens (tertiary/aromatic N) is 2. The van der Waals surface area contributed by atoms with E-state index in [1.54, 1.807) is 0 Å².